The van der Waals surface area contributed by atoms with E-state index in [1.807, 2.05) is 19.1 Å². The van der Waals surface area contributed by atoms with E-state index in [0.717, 1.165) is 16.9 Å². The third kappa shape index (κ3) is 3.36. The van der Waals surface area contributed by atoms with Crippen LogP contribution in [0.3, 0.4) is 0 Å². The Bertz CT molecular complexity index is 600. The molecule has 3 nitrogen and oxygen atoms in total. The van der Waals surface area contributed by atoms with Crippen LogP contribution >= 0.6 is 0 Å². The molecule has 0 aliphatic carbocycles. The first kappa shape index (κ1) is 14.5. The van der Waals surface area contributed by atoms with Crippen LogP contribution < -0.4 is 4.74 Å². The Morgan fingerprint density at radius 1 is 1.15 bits per heavy atom. The Hall–Kier alpha value is -1.87. The third-order valence-electron chi connectivity index (χ3n) is 3.10. The van der Waals surface area contributed by atoms with E-state index in [2.05, 4.69) is 37.9 Å². The van der Waals surface area contributed by atoms with E-state index in [1.165, 1.54) is 0 Å². The minimum atomic E-state index is -0.0862. The molecule has 1 heterocycles. The molecule has 0 unspecified atom stereocenters. The molecule has 0 bridgehead atoms. The van der Waals surface area contributed by atoms with Crippen LogP contribution in [0.15, 0.2) is 36.4 Å². The van der Waals surface area contributed by atoms with Gasteiger partial charge in [0.25, 0.3) is 0 Å². The highest BCUT2D eigenvalue weighted by Gasteiger charge is 2.19. The zero-order chi connectivity index (χ0) is 14.8. The van der Waals surface area contributed by atoms with Crippen molar-refractivity contribution in [3.8, 4) is 11.6 Å². The Balaban J connectivity index is 2.39. The highest BCUT2D eigenvalue weighted by Crippen LogP contribution is 2.34. The highest BCUT2D eigenvalue weighted by atomic mass is 16.5. The number of rotatable bonds is 3. The maximum atomic E-state index is 9.14. The molecule has 1 aromatic carbocycles. The first-order chi connectivity index (χ1) is 9.40. The summed E-state index contributed by atoms with van der Waals surface area (Å²) in [5, 5.41) is 9.14. The van der Waals surface area contributed by atoms with Crippen LogP contribution in [0.2, 0.25) is 0 Å². The highest BCUT2D eigenvalue weighted by molar-refractivity contribution is 5.43. The Morgan fingerprint density at radius 2 is 1.90 bits per heavy atom. The smallest absolute Gasteiger partial charge is 0.219 e. The quantitative estimate of drug-likeness (QED) is 0.918. The third-order valence-corrected chi connectivity index (χ3v) is 3.10. The van der Waals surface area contributed by atoms with Gasteiger partial charge in [0, 0.05) is 11.6 Å². The van der Waals surface area contributed by atoms with Crippen LogP contribution in [0.1, 0.15) is 37.6 Å². The normalized spacial score (nSPS) is 11.4. The van der Waals surface area contributed by atoms with Crippen molar-refractivity contribution in [2.45, 2.75) is 39.7 Å². The zero-order valence-electron chi connectivity index (χ0n) is 12.5. The molecule has 20 heavy (non-hydrogen) atoms. The van der Waals surface area contributed by atoms with Gasteiger partial charge in [-0.2, -0.15) is 0 Å². The fourth-order valence-corrected chi connectivity index (χ4v) is 2.05. The van der Waals surface area contributed by atoms with Crippen molar-refractivity contribution in [1.29, 1.82) is 0 Å². The van der Waals surface area contributed by atoms with Gasteiger partial charge < -0.3 is 9.84 Å². The van der Waals surface area contributed by atoms with Crippen molar-refractivity contribution in [2.24, 2.45) is 0 Å². The fraction of sp³-hybridized carbons (Fsp3) is 0.353. The van der Waals surface area contributed by atoms with Crippen LogP contribution in [-0.4, -0.2) is 10.1 Å². The van der Waals surface area contributed by atoms with Crippen LogP contribution in [0.25, 0.3) is 0 Å². The summed E-state index contributed by atoms with van der Waals surface area (Å²) in [4.78, 5) is 4.27. The van der Waals surface area contributed by atoms with Gasteiger partial charge in [-0.05, 0) is 30.0 Å². The van der Waals surface area contributed by atoms with Gasteiger partial charge in [0.1, 0.15) is 5.75 Å². The maximum absolute atomic E-state index is 9.14. The first-order valence-electron chi connectivity index (χ1n) is 6.76. The molecule has 0 atom stereocenters. The summed E-state index contributed by atoms with van der Waals surface area (Å²) in [6.45, 7) is 8.42. The van der Waals surface area contributed by atoms with Crippen molar-refractivity contribution < 1.29 is 9.84 Å². The Morgan fingerprint density at radius 3 is 2.55 bits per heavy atom. The number of nitrogens with zero attached hydrogens (tertiary/aromatic N) is 1. The Labute approximate surface area is 120 Å². The summed E-state index contributed by atoms with van der Waals surface area (Å²) in [7, 11) is 0. The van der Waals surface area contributed by atoms with E-state index in [0.29, 0.717) is 11.6 Å². The monoisotopic (exact) mass is 271 g/mol. The number of aromatic nitrogens is 1. The van der Waals surface area contributed by atoms with Gasteiger partial charge in [-0.15, -0.1) is 0 Å². The van der Waals surface area contributed by atoms with Crippen molar-refractivity contribution in [1.82, 2.24) is 4.98 Å². The summed E-state index contributed by atoms with van der Waals surface area (Å²) in [6, 6.07) is 11.6. The second-order valence-electron chi connectivity index (χ2n) is 5.98. The summed E-state index contributed by atoms with van der Waals surface area (Å²) < 4.78 is 5.94. The molecule has 0 radical (unpaired) electrons. The molecule has 0 fully saturated rings. The summed E-state index contributed by atoms with van der Waals surface area (Å²) >= 11 is 0. The van der Waals surface area contributed by atoms with E-state index < -0.39 is 0 Å². The lowest BCUT2D eigenvalue weighted by Crippen LogP contribution is -2.12. The number of hydrogen-bond donors (Lipinski definition) is 1. The van der Waals surface area contributed by atoms with Crippen molar-refractivity contribution in [3.63, 3.8) is 0 Å². The second kappa shape index (κ2) is 5.63. The van der Waals surface area contributed by atoms with Gasteiger partial charge in [-0.25, -0.2) is 4.98 Å². The molecular formula is C17H21NO2. The number of benzene rings is 1. The van der Waals surface area contributed by atoms with Crippen molar-refractivity contribution in [2.75, 3.05) is 0 Å². The molecule has 1 N–H and O–H groups in total. The van der Waals surface area contributed by atoms with E-state index >= 15 is 0 Å². The molecular weight excluding hydrogens is 250 g/mol. The lowest BCUT2D eigenvalue weighted by molar-refractivity contribution is 0.275. The first-order valence-corrected chi connectivity index (χ1v) is 6.76. The molecule has 2 rings (SSSR count). The number of hydrogen-bond acceptors (Lipinski definition) is 3. The predicted molar refractivity (Wildman–Crippen MR) is 80.1 cm³/mol. The number of pyridine rings is 1. The van der Waals surface area contributed by atoms with Crippen LogP contribution in [0.5, 0.6) is 11.6 Å². The fourth-order valence-electron chi connectivity index (χ4n) is 2.05. The standard InChI is InChI=1S/C17H21NO2/c1-12-8-9-14(17(2,3)4)15(10-12)20-16-7-5-6-13(11-19)18-16/h5-10,19H,11H2,1-4H3. The lowest BCUT2D eigenvalue weighted by Gasteiger charge is -2.22. The summed E-state index contributed by atoms with van der Waals surface area (Å²) in [5.74, 6) is 1.33. The molecule has 0 aliphatic rings. The zero-order valence-corrected chi connectivity index (χ0v) is 12.5. The van der Waals surface area contributed by atoms with E-state index in [-0.39, 0.29) is 12.0 Å². The molecule has 2 aromatic rings. The predicted octanol–water partition coefficient (Wildman–Crippen LogP) is 3.97. The molecule has 1 aromatic heterocycles. The molecule has 0 aliphatic heterocycles. The minimum Gasteiger partial charge on any atom is -0.439 e. The van der Waals surface area contributed by atoms with Gasteiger partial charge in [-0.1, -0.05) is 39.0 Å². The SMILES string of the molecule is Cc1ccc(C(C)(C)C)c(Oc2cccc(CO)n2)c1. The van der Waals surface area contributed by atoms with Gasteiger partial charge in [0.15, 0.2) is 0 Å². The largest absolute Gasteiger partial charge is 0.439 e. The summed E-state index contributed by atoms with van der Waals surface area (Å²) in [6.07, 6.45) is 0. The summed E-state index contributed by atoms with van der Waals surface area (Å²) in [5.41, 5.74) is 2.88. The molecule has 0 amide bonds. The van der Waals surface area contributed by atoms with Gasteiger partial charge in [0.05, 0.1) is 12.3 Å². The van der Waals surface area contributed by atoms with E-state index in [9.17, 15) is 0 Å². The van der Waals surface area contributed by atoms with Crippen molar-refractivity contribution >= 4 is 0 Å². The lowest BCUT2D eigenvalue weighted by atomic mass is 9.86. The van der Waals surface area contributed by atoms with Crippen LogP contribution in [-0.2, 0) is 12.0 Å². The topological polar surface area (TPSA) is 42.4 Å². The van der Waals surface area contributed by atoms with E-state index in [4.69, 9.17) is 9.84 Å². The average Bonchev–Trinajstić information content (AvgIpc) is 2.37. The molecule has 0 spiro atoms. The Kier molecular flexibility index (Phi) is 4.09. The number of ether oxygens (including phenoxy) is 1. The van der Waals surface area contributed by atoms with Crippen molar-refractivity contribution in [3.05, 3.63) is 53.2 Å². The molecule has 106 valence electrons. The second-order valence-corrected chi connectivity index (χ2v) is 5.98. The average molecular weight is 271 g/mol. The minimum absolute atomic E-state index is 0.00236. The van der Waals surface area contributed by atoms with Gasteiger partial charge in [0.2, 0.25) is 5.88 Å². The number of aliphatic hydroxyl groups is 1. The van der Waals surface area contributed by atoms with Crippen LogP contribution in [0.4, 0.5) is 0 Å². The maximum Gasteiger partial charge on any atom is 0.219 e. The van der Waals surface area contributed by atoms with Gasteiger partial charge in [-0.3, -0.25) is 0 Å². The molecule has 0 saturated carbocycles. The van der Waals surface area contributed by atoms with E-state index in [1.54, 1.807) is 12.1 Å². The molecule has 3 heteroatoms. The van der Waals surface area contributed by atoms with Gasteiger partial charge >= 0.3 is 0 Å². The van der Waals surface area contributed by atoms with Crippen LogP contribution in [0, 0.1) is 6.92 Å². The molecule has 0 saturated heterocycles. The number of aryl methyl sites for hydroxylation is 1. The number of aliphatic hydroxyl groups excluding tert-OH is 1.